The summed E-state index contributed by atoms with van der Waals surface area (Å²) in [7, 11) is 0. The summed E-state index contributed by atoms with van der Waals surface area (Å²) in [6, 6.07) is 77.6. The van der Waals surface area contributed by atoms with Gasteiger partial charge in [0.15, 0.2) is 17.5 Å². The number of nitrogens with zero attached hydrogens (tertiary/aromatic N) is 4. The van der Waals surface area contributed by atoms with Crippen LogP contribution in [0.4, 0.5) is 0 Å². The molecule has 12 aromatic rings. The van der Waals surface area contributed by atoms with Crippen LogP contribution in [0.15, 0.2) is 218 Å². The van der Waals surface area contributed by atoms with Gasteiger partial charge in [-0.15, -0.1) is 0 Å². The Bertz CT molecular complexity index is 3630. The molecule has 4 nitrogen and oxygen atoms in total. The number of aromatic nitrogens is 4. The van der Waals surface area contributed by atoms with Crippen molar-refractivity contribution in [2.75, 3.05) is 0 Å². The van der Waals surface area contributed by atoms with E-state index < -0.39 is 0 Å². The predicted molar refractivity (Wildman–Crippen MR) is 254 cm³/mol. The van der Waals surface area contributed by atoms with Crippen molar-refractivity contribution >= 4 is 54.1 Å². The lowest BCUT2D eigenvalue weighted by Crippen LogP contribution is -2.00. The first-order valence-electron chi connectivity index (χ1n) is 20.7. The molecule has 0 fully saturated rings. The topological polar surface area (TPSA) is 43.6 Å². The Morgan fingerprint density at radius 2 is 0.820 bits per heavy atom. The molecule has 0 aliphatic rings. The van der Waals surface area contributed by atoms with Gasteiger partial charge in [-0.25, -0.2) is 15.0 Å². The minimum absolute atomic E-state index is 0.622. The third-order valence-corrected chi connectivity index (χ3v) is 12.0. The molecule has 0 bridgehead atoms. The van der Waals surface area contributed by atoms with Crippen molar-refractivity contribution in [2.24, 2.45) is 0 Å². The lowest BCUT2D eigenvalue weighted by atomic mass is 9.89. The lowest BCUT2D eigenvalue weighted by Gasteiger charge is -2.14. The number of fused-ring (bicyclic) bond motifs is 7. The van der Waals surface area contributed by atoms with Crippen LogP contribution in [0.3, 0.4) is 0 Å². The lowest BCUT2D eigenvalue weighted by molar-refractivity contribution is 1.07. The highest BCUT2D eigenvalue weighted by molar-refractivity contribution is 6.20. The Labute approximate surface area is 352 Å². The molecule has 0 spiro atoms. The number of hydrogen-bond donors (Lipinski definition) is 0. The molecule has 0 saturated heterocycles. The molecule has 61 heavy (non-hydrogen) atoms. The maximum absolute atomic E-state index is 5.24. The van der Waals surface area contributed by atoms with Crippen LogP contribution in [0.5, 0.6) is 0 Å². The Morgan fingerprint density at radius 3 is 1.61 bits per heavy atom. The molecule has 10 aromatic carbocycles. The van der Waals surface area contributed by atoms with Gasteiger partial charge in [0.05, 0.1) is 11.0 Å². The van der Waals surface area contributed by atoms with Crippen molar-refractivity contribution in [2.45, 2.75) is 0 Å². The van der Waals surface area contributed by atoms with Gasteiger partial charge < -0.3 is 4.57 Å². The smallest absolute Gasteiger partial charge is 0.164 e. The maximum Gasteiger partial charge on any atom is 0.164 e. The highest BCUT2D eigenvalue weighted by atomic mass is 15.0. The van der Waals surface area contributed by atoms with Crippen LogP contribution >= 0.6 is 0 Å². The van der Waals surface area contributed by atoms with Crippen LogP contribution in [0, 0.1) is 0 Å². The van der Waals surface area contributed by atoms with E-state index in [-0.39, 0.29) is 0 Å². The molecule has 0 aliphatic heterocycles. The first-order valence-corrected chi connectivity index (χ1v) is 20.7. The summed E-state index contributed by atoms with van der Waals surface area (Å²) in [5.41, 5.74) is 10.8. The molecule has 0 atom stereocenters. The van der Waals surface area contributed by atoms with Crippen LogP contribution in [-0.2, 0) is 0 Å². The zero-order valence-corrected chi connectivity index (χ0v) is 33.1. The fourth-order valence-corrected chi connectivity index (χ4v) is 9.12. The van der Waals surface area contributed by atoms with Gasteiger partial charge >= 0.3 is 0 Å². The normalized spacial score (nSPS) is 11.6. The fraction of sp³-hybridized carbons (Fsp3) is 0. The zero-order valence-electron chi connectivity index (χ0n) is 33.1. The second-order valence-corrected chi connectivity index (χ2v) is 15.6. The van der Waals surface area contributed by atoms with E-state index in [9.17, 15) is 0 Å². The van der Waals surface area contributed by atoms with Crippen LogP contribution in [-0.4, -0.2) is 19.5 Å². The molecule has 0 amide bonds. The summed E-state index contributed by atoms with van der Waals surface area (Å²) in [6.07, 6.45) is 0. The van der Waals surface area contributed by atoms with E-state index in [1.54, 1.807) is 0 Å². The monoisotopic (exact) mass is 776 g/mol. The molecule has 284 valence electrons. The highest BCUT2D eigenvalue weighted by Crippen LogP contribution is 2.40. The predicted octanol–water partition coefficient (Wildman–Crippen LogP) is 14.8. The van der Waals surface area contributed by atoms with Crippen molar-refractivity contribution in [3.63, 3.8) is 0 Å². The minimum atomic E-state index is 0.622. The van der Waals surface area contributed by atoms with Gasteiger partial charge in [0.1, 0.15) is 0 Å². The molecule has 0 saturated carbocycles. The van der Waals surface area contributed by atoms with E-state index in [0.717, 1.165) is 55.5 Å². The molecule has 12 rings (SSSR count). The SMILES string of the molecule is c1ccc(-c2cccc(-c3nc(-c4ccc(-c5c6ccccc6cc6c5ccc5ccccc56)cc4)nc(-c4ccc5c(c4)c4ccccc4n5-c4ccccc4)n3)c2)cc1. The standard InChI is InChI=1S/C57H36N4/c1-3-14-37(15-4-1)41-18-13-19-43(34-41)56-58-55(59-57(60-56)44-31-33-53-51(36-44)48-24-11-12-25-52(48)61(53)45-20-5-2-6-21-45)40-28-26-39(27-29-40)54-47-23-10-8-17-42(47)35-50-46-22-9-7-16-38(46)30-32-49(50)54/h1-36H. The average molecular weight is 777 g/mol. The van der Waals surface area contributed by atoms with Crippen LogP contribution in [0.2, 0.25) is 0 Å². The van der Waals surface area contributed by atoms with Crippen LogP contribution in [0.25, 0.3) is 116 Å². The zero-order chi connectivity index (χ0) is 40.3. The number of rotatable bonds is 6. The molecule has 0 N–H and O–H groups in total. The molecule has 2 aromatic heterocycles. The second-order valence-electron chi connectivity index (χ2n) is 15.6. The first-order chi connectivity index (χ1) is 30.2. The second kappa shape index (κ2) is 14.3. The summed E-state index contributed by atoms with van der Waals surface area (Å²) in [5, 5.41) is 9.76. The van der Waals surface area contributed by atoms with Crippen molar-refractivity contribution in [1.29, 1.82) is 0 Å². The fourth-order valence-electron chi connectivity index (χ4n) is 9.12. The van der Waals surface area contributed by atoms with Gasteiger partial charge in [-0.1, -0.05) is 170 Å². The molecule has 4 heteroatoms. The van der Waals surface area contributed by atoms with Crippen LogP contribution in [0.1, 0.15) is 0 Å². The van der Waals surface area contributed by atoms with Gasteiger partial charge in [-0.3, -0.25) is 0 Å². The Kier molecular flexibility index (Phi) is 8.13. The molecule has 0 unspecified atom stereocenters. The maximum atomic E-state index is 5.24. The van der Waals surface area contributed by atoms with E-state index in [2.05, 4.69) is 217 Å². The molecular weight excluding hydrogens is 741 g/mol. The minimum Gasteiger partial charge on any atom is -0.309 e. The summed E-state index contributed by atoms with van der Waals surface area (Å²) in [5.74, 6) is 1.87. The third-order valence-electron chi connectivity index (χ3n) is 12.0. The van der Waals surface area contributed by atoms with E-state index in [4.69, 9.17) is 15.0 Å². The molecule has 2 heterocycles. The van der Waals surface area contributed by atoms with Crippen molar-refractivity contribution in [1.82, 2.24) is 19.5 Å². The Hall–Kier alpha value is -8.21. The number of benzene rings is 10. The summed E-state index contributed by atoms with van der Waals surface area (Å²) < 4.78 is 2.33. The molecule has 0 radical (unpaired) electrons. The van der Waals surface area contributed by atoms with Crippen molar-refractivity contribution < 1.29 is 0 Å². The quantitative estimate of drug-likeness (QED) is 0.125. The van der Waals surface area contributed by atoms with E-state index >= 15 is 0 Å². The highest BCUT2D eigenvalue weighted by Gasteiger charge is 2.18. The van der Waals surface area contributed by atoms with Gasteiger partial charge in [0, 0.05) is 33.2 Å². The Balaban J connectivity index is 1.03. The average Bonchev–Trinajstić information content (AvgIpc) is 3.67. The van der Waals surface area contributed by atoms with Crippen LogP contribution < -0.4 is 0 Å². The van der Waals surface area contributed by atoms with Gasteiger partial charge in [0.2, 0.25) is 0 Å². The summed E-state index contributed by atoms with van der Waals surface area (Å²) >= 11 is 0. The largest absolute Gasteiger partial charge is 0.309 e. The first kappa shape index (κ1) is 34.8. The van der Waals surface area contributed by atoms with Gasteiger partial charge in [-0.05, 0) is 103 Å². The number of para-hydroxylation sites is 2. The van der Waals surface area contributed by atoms with E-state index in [1.807, 2.05) is 6.07 Å². The molecule has 0 aliphatic carbocycles. The number of hydrogen-bond acceptors (Lipinski definition) is 3. The van der Waals surface area contributed by atoms with Gasteiger partial charge in [-0.2, -0.15) is 0 Å². The third kappa shape index (κ3) is 5.96. The van der Waals surface area contributed by atoms with E-state index in [1.165, 1.54) is 43.3 Å². The summed E-state index contributed by atoms with van der Waals surface area (Å²) in [6.45, 7) is 0. The summed E-state index contributed by atoms with van der Waals surface area (Å²) in [4.78, 5) is 15.7. The molecular formula is C57H36N4. The van der Waals surface area contributed by atoms with Crippen molar-refractivity contribution in [3.8, 4) is 62.1 Å². The van der Waals surface area contributed by atoms with E-state index in [0.29, 0.717) is 17.5 Å². The van der Waals surface area contributed by atoms with Gasteiger partial charge in [0.25, 0.3) is 0 Å². The Morgan fingerprint density at radius 1 is 0.262 bits per heavy atom. The van der Waals surface area contributed by atoms with Crippen molar-refractivity contribution in [3.05, 3.63) is 218 Å².